The normalized spacial score (nSPS) is 19.5. The lowest BCUT2D eigenvalue weighted by Gasteiger charge is -2.36. The molecule has 0 atom stereocenters. The Balaban J connectivity index is 1.70. The molecule has 1 N–H and O–H groups in total. The van der Waals surface area contributed by atoms with Crippen LogP contribution in [0, 0.1) is 0 Å². The SMILES string of the molecule is CCOC(=O)C[n+]1ccc(OC2CC(NC(=O)OC(C)(C)C)C2)cc1. The number of carbonyl (C=O) groups excluding carboxylic acids is 2. The van der Waals surface area contributed by atoms with Crippen molar-refractivity contribution in [2.45, 2.75) is 64.8 Å². The van der Waals surface area contributed by atoms with E-state index in [1.807, 2.05) is 32.9 Å². The predicted octanol–water partition coefficient (Wildman–Crippen LogP) is 1.97. The molecule has 1 amide bonds. The third kappa shape index (κ3) is 6.60. The zero-order chi connectivity index (χ0) is 18.4. The van der Waals surface area contributed by atoms with Crippen molar-refractivity contribution in [3.8, 4) is 5.75 Å². The van der Waals surface area contributed by atoms with Crippen molar-refractivity contribution in [3.63, 3.8) is 0 Å². The summed E-state index contributed by atoms with van der Waals surface area (Å²) in [4.78, 5) is 23.1. The summed E-state index contributed by atoms with van der Waals surface area (Å²) in [6.45, 7) is 7.85. The van der Waals surface area contributed by atoms with Gasteiger partial charge < -0.3 is 19.5 Å². The van der Waals surface area contributed by atoms with E-state index in [0.717, 1.165) is 18.6 Å². The van der Waals surface area contributed by atoms with E-state index < -0.39 is 11.7 Å². The molecular weight excluding hydrogens is 324 g/mol. The van der Waals surface area contributed by atoms with Gasteiger partial charge in [0.2, 0.25) is 6.54 Å². The Bertz CT molecular complexity index is 588. The Hall–Kier alpha value is -2.31. The predicted molar refractivity (Wildman–Crippen MR) is 90.1 cm³/mol. The first-order chi connectivity index (χ1) is 11.7. The van der Waals surface area contributed by atoms with Crippen LogP contribution < -0.4 is 14.6 Å². The van der Waals surface area contributed by atoms with E-state index in [0.29, 0.717) is 6.61 Å². The smallest absolute Gasteiger partial charge is 0.407 e. The zero-order valence-electron chi connectivity index (χ0n) is 15.3. The molecule has 0 aromatic carbocycles. The van der Waals surface area contributed by atoms with Crippen LogP contribution in [0.5, 0.6) is 5.75 Å². The van der Waals surface area contributed by atoms with Crippen LogP contribution in [0.3, 0.4) is 0 Å². The van der Waals surface area contributed by atoms with Gasteiger partial charge in [0, 0.05) is 31.0 Å². The highest BCUT2D eigenvalue weighted by molar-refractivity contribution is 5.68. The average molecular weight is 351 g/mol. The molecule has 7 heteroatoms. The molecule has 0 unspecified atom stereocenters. The minimum Gasteiger partial charge on any atom is -0.490 e. The van der Waals surface area contributed by atoms with E-state index in [4.69, 9.17) is 14.2 Å². The molecule has 1 saturated carbocycles. The fourth-order valence-corrected chi connectivity index (χ4v) is 2.43. The number of hydrogen-bond acceptors (Lipinski definition) is 5. The minimum atomic E-state index is -0.493. The molecule has 0 spiro atoms. The standard InChI is InChI=1S/C18H26N2O5/c1-5-23-16(21)12-20-8-6-14(7-9-20)24-15-10-13(11-15)19-17(22)25-18(2,3)4/h6-9,13,15H,5,10-12H2,1-4H3/p+1. The molecule has 25 heavy (non-hydrogen) atoms. The Labute approximate surface area is 148 Å². The summed E-state index contributed by atoms with van der Waals surface area (Å²) >= 11 is 0. The first-order valence-electron chi connectivity index (χ1n) is 8.56. The molecule has 0 aliphatic heterocycles. The number of nitrogens with one attached hydrogen (secondary N) is 1. The van der Waals surface area contributed by atoms with Crippen LogP contribution in [-0.4, -0.2) is 36.4 Å². The third-order valence-electron chi connectivity index (χ3n) is 3.60. The average Bonchev–Trinajstić information content (AvgIpc) is 2.45. The lowest BCUT2D eigenvalue weighted by molar-refractivity contribution is -0.686. The molecule has 0 radical (unpaired) electrons. The molecule has 1 aliphatic rings. The van der Waals surface area contributed by atoms with Gasteiger partial charge in [-0.2, -0.15) is 4.57 Å². The molecule has 1 aromatic heterocycles. The van der Waals surface area contributed by atoms with E-state index >= 15 is 0 Å². The van der Waals surface area contributed by atoms with Gasteiger partial charge in [-0.1, -0.05) is 0 Å². The Morgan fingerprint density at radius 1 is 1.24 bits per heavy atom. The minimum absolute atomic E-state index is 0.0702. The molecule has 1 fully saturated rings. The summed E-state index contributed by atoms with van der Waals surface area (Å²) in [5.74, 6) is 0.469. The summed E-state index contributed by atoms with van der Waals surface area (Å²) in [5.41, 5.74) is -0.493. The second kappa shape index (κ2) is 8.18. The van der Waals surface area contributed by atoms with Crippen molar-refractivity contribution >= 4 is 12.1 Å². The van der Waals surface area contributed by atoms with Gasteiger partial charge in [-0.3, -0.25) is 0 Å². The molecule has 1 heterocycles. The largest absolute Gasteiger partial charge is 0.490 e. The maximum atomic E-state index is 11.7. The summed E-state index contributed by atoms with van der Waals surface area (Å²) in [6.07, 6.45) is 4.73. The molecule has 0 bridgehead atoms. The number of rotatable bonds is 6. The topological polar surface area (TPSA) is 77.7 Å². The van der Waals surface area contributed by atoms with Crippen molar-refractivity contribution in [1.29, 1.82) is 0 Å². The van der Waals surface area contributed by atoms with Crippen LogP contribution >= 0.6 is 0 Å². The van der Waals surface area contributed by atoms with Crippen LogP contribution in [0.2, 0.25) is 0 Å². The summed E-state index contributed by atoms with van der Waals surface area (Å²) in [5, 5.41) is 2.83. The number of nitrogens with zero attached hydrogens (tertiary/aromatic N) is 1. The lowest BCUT2D eigenvalue weighted by Crippen LogP contribution is -2.50. The lowest BCUT2D eigenvalue weighted by atomic mass is 9.89. The maximum Gasteiger partial charge on any atom is 0.407 e. The van der Waals surface area contributed by atoms with Crippen molar-refractivity contribution in [3.05, 3.63) is 24.5 Å². The van der Waals surface area contributed by atoms with Gasteiger partial charge in [0.05, 0.1) is 6.61 Å². The number of ether oxygens (including phenoxy) is 3. The fourth-order valence-electron chi connectivity index (χ4n) is 2.43. The van der Waals surface area contributed by atoms with E-state index in [1.165, 1.54) is 0 Å². The van der Waals surface area contributed by atoms with Crippen LogP contribution in [0.15, 0.2) is 24.5 Å². The van der Waals surface area contributed by atoms with Gasteiger partial charge in [0.25, 0.3) is 0 Å². The van der Waals surface area contributed by atoms with E-state index in [2.05, 4.69) is 5.32 Å². The van der Waals surface area contributed by atoms with Crippen LogP contribution in [0.4, 0.5) is 4.79 Å². The Morgan fingerprint density at radius 2 is 1.88 bits per heavy atom. The van der Waals surface area contributed by atoms with Gasteiger partial charge in [-0.05, 0) is 27.7 Å². The molecule has 0 saturated heterocycles. The van der Waals surface area contributed by atoms with Gasteiger partial charge in [-0.15, -0.1) is 0 Å². The number of amides is 1. The number of pyridine rings is 1. The number of esters is 1. The summed E-state index contributed by atoms with van der Waals surface area (Å²) in [7, 11) is 0. The summed E-state index contributed by atoms with van der Waals surface area (Å²) < 4.78 is 17.7. The molecular formula is C18H27N2O5+. The molecule has 1 aromatic rings. The first-order valence-corrected chi connectivity index (χ1v) is 8.56. The molecule has 7 nitrogen and oxygen atoms in total. The van der Waals surface area contributed by atoms with Crippen LogP contribution in [-0.2, 0) is 20.8 Å². The highest BCUT2D eigenvalue weighted by Crippen LogP contribution is 2.25. The maximum absolute atomic E-state index is 11.7. The first kappa shape index (κ1) is 19.0. The molecule has 138 valence electrons. The van der Waals surface area contributed by atoms with E-state index in [-0.39, 0.29) is 24.7 Å². The third-order valence-corrected chi connectivity index (χ3v) is 3.60. The quantitative estimate of drug-likeness (QED) is 0.626. The Morgan fingerprint density at radius 3 is 2.44 bits per heavy atom. The van der Waals surface area contributed by atoms with Gasteiger partial charge >= 0.3 is 12.1 Å². The van der Waals surface area contributed by atoms with E-state index in [9.17, 15) is 9.59 Å². The monoisotopic (exact) mass is 351 g/mol. The number of alkyl carbamates (subject to hydrolysis) is 1. The molecule has 2 rings (SSSR count). The van der Waals surface area contributed by atoms with Gasteiger partial charge in [0.1, 0.15) is 17.5 Å². The van der Waals surface area contributed by atoms with Gasteiger partial charge in [0.15, 0.2) is 12.4 Å². The Kier molecular flexibility index (Phi) is 6.22. The van der Waals surface area contributed by atoms with Crippen molar-refractivity contribution < 1.29 is 28.4 Å². The van der Waals surface area contributed by atoms with Crippen LogP contribution in [0.25, 0.3) is 0 Å². The fraction of sp³-hybridized carbons (Fsp3) is 0.611. The van der Waals surface area contributed by atoms with E-state index in [1.54, 1.807) is 23.9 Å². The zero-order valence-corrected chi connectivity index (χ0v) is 15.3. The highest BCUT2D eigenvalue weighted by atomic mass is 16.6. The number of aromatic nitrogens is 1. The van der Waals surface area contributed by atoms with Crippen molar-refractivity contribution in [1.82, 2.24) is 5.32 Å². The second-order valence-corrected chi connectivity index (χ2v) is 7.07. The second-order valence-electron chi connectivity index (χ2n) is 7.07. The highest BCUT2D eigenvalue weighted by Gasteiger charge is 2.33. The number of carbonyl (C=O) groups is 2. The number of hydrogen-bond donors (Lipinski definition) is 1. The van der Waals surface area contributed by atoms with Crippen LogP contribution in [0.1, 0.15) is 40.5 Å². The molecule has 1 aliphatic carbocycles. The van der Waals surface area contributed by atoms with Gasteiger partial charge in [-0.25, -0.2) is 9.59 Å². The van der Waals surface area contributed by atoms with Crippen molar-refractivity contribution in [2.24, 2.45) is 0 Å². The van der Waals surface area contributed by atoms with Crippen molar-refractivity contribution in [2.75, 3.05) is 6.61 Å². The summed E-state index contributed by atoms with van der Waals surface area (Å²) in [6, 6.07) is 3.71.